The van der Waals surface area contributed by atoms with Gasteiger partial charge >= 0.3 is 0 Å². The van der Waals surface area contributed by atoms with Gasteiger partial charge in [0.2, 0.25) is 0 Å². The molecule has 124 valence electrons. The zero-order valence-corrected chi connectivity index (χ0v) is 14.4. The Balaban J connectivity index is 1.48. The molecule has 1 saturated carbocycles. The molecule has 0 spiro atoms. The average Bonchev–Trinajstić information content (AvgIpc) is 3.21. The van der Waals surface area contributed by atoms with Crippen LogP contribution in [0.2, 0.25) is 0 Å². The number of hydrogen-bond donors (Lipinski definition) is 0. The lowest BCUT2D eigenvalue weighted by atomic mass is 9.93. The van der Waals surface area contributed by atoms with Gasteiger partial charge in [0.15, 0.2) is 0 Å². The van der Waals surface area contributed by atoms with Gasteiger partial charge in [-0.25, -0.2) is 4.68 Å². The van der Waals surface area contributed by atoms with E-state index in [1.165, 1.54) is 52.6 Å². The minimum Gasteiger partial charge on any atom is -0.242 e. The van der Waals surface area contributed by atoms with Gasteiger partial charge in [0.25, 0.3) is 0 Å². The summed E-state index contributed by atoms with van der Waals surface area (Å²) in [4.78, 5) is 0. The molecule has 0 unspecified atom stereocenters. The molecule has 0 amide bonds. The lowest BCUT2D eigenvalue weighted by molar-refractivity contribution is 0.292. The van der Waals surface area contributed by atoms with Crippen LogP contribution in [0.25, 0.3) is 22.2 Å². The minimum atomic E-state index is 0.552. The van der Waals surface area contributed by atoms with Crippen LogP contribution in [0.1, 0.15) is 48.4 Å². The van der Waals surface area contributed by atoms with Gasteiger partial charge in [-0.1, -0.05) is 47.7 Å². The topological polar surface area (TPSA) is 30.7 Å². The van der Waals surface area contributed by atoms with Gasteiger partial charge in [-0.05, 0) is 72.6 Å². The predicted octanol–water partition coefficient (Wildman–Crippen LogP) is 5.34. The fourth-order valence-corrected chi connectivity index (χ4v) is 3.85. The van der Waals surface area contributed by atoms with E-state index >= 15 is 0 Å². The molecule has 2 aliphatic rings. The van der Waals surface area contributed by atoms with E-state index in [1.54, 1.807) is 0 Å². The highest BCUT2D eigenvalue weighted by atomic mass is 15.4. The first-order valence-corrected chi connectivity index (χ1v) is 9.12. The largest absolute Gasteiger partial charge is 0.242 e. The summed E-state index contributed by atoms with van der Waals surface area (Å²) in [6, 6.07) is 15.7. The number of rotatable bonds is 3. The molecule has 5 rings (SSSR count). The fraction of sp³-hybridized carbons (Fsp3) is 0.273. The molecule has 3 heteroatoms. The van der Waals surface area contributed by atoms with Crippen LogP contribution >= 0.6 is 0 Å². The number of nitrogens with zero attached hydrogens (tertiary/aromatic N) is 3. The molecule has 0 radical (unpaired) electrons. The quantitative estimate of drug-likeness (QED) is 0.650. The van der Waals surface area contributed by atoms with Crippen molar-refractivity contribution in [2.45, 2.75) is 38.6 Å². The number of aryl methyl sites for hydroxylation is 1. The van der Waals surface area contributed by atoms with Crippen LogP contribution in [0.4, 0.5) is 0 Å². The van der Waals surface area contributed by atoms with E-state index in [2.05, 4.69) is 76.5 Å². The molecule has 0 saturated heterocycles. The average molecular weight is 327 g/mol. The van der Waals surface area contributed by atoms with Crippen LogP contribution in [0.15, 0.2) is 54.6 Å². The Kier molecular flexibility index (Phi) is 3.34. The van der Waals surface area contributed by atoms with Crippen molar-refractivity contribution in [1.82, 2.24) is 15.0 Å². The van der Waals surface area contributed by atoms with Crippen LogP contribution in [-0.2, 0) is 0 Å². The lowest BCUT2D eigenvalue weighted by Gasteiger charge is -2.25. The molecule has 0 N–H and O–H groups in total. The normalized spacial score (nSPS) is 17.5. The number of benzene rings is 2. The van der Waals surface area contributed by atoms with E-state index in [9.17, 15) is 0 Å². The summed E-state index contributed by atoms with van der Waals surface area (Å²) in [7, 11) is 0. The summed E-state index contributed by atoms with van der Waals surface area (Å²) in [6.07, 6.45) is 9.40. The Bertz CT molecular complexity index is 1020. The second kappa shape index (κ2) is 5.69. The van der Waals surface area contributed by atoms with Crippen LogP contribution in [0, 0.1) is 6.92 Å². The molecule has 0 bridgehead atoms. The zero-order valence-electron chi connectivity index (χ0n) is 14.4. The van der Waals surface area contributed by atoms with Crippen molar-refractivity contribution in [2.24, 2.45) is 0 Å². The Morgan fingerprint density at radius 3 is 2.76 bits per heavy atom. The van der Waals surface area contributed by atoms with Gasteiger partial charge in [0.1, 0.15) is 5.52 Å². The molecular weight excluding hydrogens is 306 g/mol. The Labute approximate surface area is 147 Å². The smallest absolute Gasteiger partial charge is 0.113 e. The monoisotopic (exact) mass is 327 g/mol. The van der Waals surface area contributed by atoms with Crippen LogP contribution in [-0.4, -0.2) is 15.0 Å². The van der Waals surface area contributed by atoms with Crippen molar-refractivity contribution in [3.63, 3.8) is 0 Å². The Morgan fingerprint density at radius 1 is 1.08 bits per heavy atom. The second-order valence-electron chi connectivity index (χ2n) is 7.17. The third-order valence-electron chi connectivity index (χ3n) is 5.59. The molecule has 0 aliphatic heterocycles. The molecule has 1 heterocycles. The maximum atomic E-state index is 4.41. The first-order chi connectivity index (χ1) is 12.3. The second-order valence-corrected chi connectivity index (χ2v) is 7.17. The Morgan fingerprint density at radius 2 is 1.96 bits per heavy atom. The van der Waals surface area contributed by atoms with Crippen molar-refractivity contribution >= 4 is 22.2 Å². The zero-order chi connectivity index (χ0) is 16.8. The minimum absolute atomic E-state index is 0.552. The molecule has 1 fully saturated rings. The fourth-order valence-electron chi connectivity index (χ4n) is 3.85. The molecule has 2 aromatic carbocycles. The SMILES string of the molecule is Cc1ccccc1C1=CCC(c2ccc3c(c2)nnn3C2CCC2)=C1. The van der Waals surface area contributed by atoms with Crippen molar-refractivity contribution in [3.8, 4) is 0 Å². The Hall–Kier alpha value is -2.68. The van der Waals surface area contributed by atoms with Crippen LogP contribution in [0.3, 0.4) is 0 Å². The third-order valence-corrected chi connectivity index (χ3v) is 5.59. The summed E-state index contributed by atoms with van der Waals surface area (Å²) in [5.41, 5.74) is 8.77. The van der Waals surface area contributed by atoms with Gasteiger partial charge < -0.3 is 0 Å². The van der Waals surface area contributed by atoms with E-state index in [-0.39, 0.29) is 0 Å². The summed E-state index contributed by atoms with van der Waals surface area (Å²) in [5, 5.41) is 8.81. The van der Waals surface area contributed by atoms with Crippen LogP contribution < -0.4 is 0 Å². The molecule has 0 atom stereocenters. The maximum absolute atomic E-state index is 4.41. The van der Waals surface area contributed by atoms with E-state index in [4.69, 9.17) is 0 Å². The highest BCUT2D eigenvalue weighted by molar-refractivity contribution is 5.92. The van der Waals surface area contributed by atoms with Crippen molar-refractivity contribution in [2.75, 3.05) is 0 Å². The summed E-state index contributed by atoms with van der Waals surface area (Å²) in [6.45, 7) is 2.17. The molecule has 25 heavy (non-hydrogen) atoms. The van der Waals surface area contributed by atoms with Gasteiger partial charge in [0, 0.05) is 0 Å². The van der Waals surface area contributed by atoms with Gasteiger partial charge in [-0.15, -0.1) is 5.10 Å². The molecule has 3 nitrogen and oxygen atoms in total. The summed E-state index contributed by atoms with van der Waals surface area (Å²) >= 11 is 0. The number of hydrogen-bond acceptors (Lipinski definition) is 2. The lowest BCUT2D eigenvalue weighted by Crippen LogP contribution is -2.18. The predicted molar refractivity (Wildman–Crippen MR) is 102 cm³/mol. The van der Waals surface area contributed by atoms with Gasteiger partial charge in [0.05, 0.1) is 11.6 Å². The molecular formula is C22H21N3. The van der Waals surface area contributed by atoms with E-state index in [0.29, 0.717) is 6.04 Å². The van der Waals surface area contributed by atoms with E-state index < -0.39 is 0 Å². The van der Waals surface area contributed by atoms with Crippen LogP contribution in [0.5, 0.6) is 0 Å². The standard InChI is InChI=1S/C22H21N3/c1-15-5-2-3-8-20(15)18-10-9-16(13-18)17-11-12-22-21(14-17)23-24-25(22)19-6-4-7-19/h2-3,5,8,10-14,19H,4,6-7,9H2,1H3. The van der Waals surface area contributed by atoms with Crippen molar-refractivity contribution < 1.29 is 0 Å². The summed E-state index contributed by atoms with van der Waals surface area (Å²) < 4.78 is 2.11. The highest BCUT2D eigenvalue weighted by Crippen LogP contribution is 2.36. The highest BCUT2D eigenvalue weighted by Gasteiger charge is 2.22. The third kappa shape index (κ3) is 2.42. The number of aromatic nitrogens is 3. The summed E-state index contributed by atoms with van der Waals surface area (Å²) in [5.74, 6) is 0. The van der Waals surface area contributed by atoms with Gasteiger partial charge in [-0.2, -0.15) is 0 Å². The number of allylic oxidation sites excluding steroid dienone is 4. The number of fused-ring (bicyclic) bond motifs is 1. The first kappa shape index (κ1) is 14.6. The van der Waals surface area contributed by atoms with E-state index in [0.717, 1.165) is 11.9 Å². The van der Waals surface area contributed by atoms with E-state index in [1.807, 2.05) is 0 Å². The van der Waals surface area contributed by atoms with Crippen molar-refractivity contribution in [1.29, 1.82) is 0 Å². The molecule has 2 aliphatic carbocycles. The van der Waals surface area contributed by atoms with Gasteiger partial charge in [-0.3, -0.25) is 0 Å². The maximum Gasteiger partial charge on any atom is 0.113 e. The molecule has 3 aromatic rings. The molecule has 1 aromatic heterocycles. The van der Waals surface area contributed by atoms with Crippen molar-refractivity contribution in [3.05, 3.63) is 71.3 Å². The first-order valence-electron chi connectivity index (χ1n) is 9.12.